The first-order valence-corrected chi connectivity index (χ1v) is 5.49. The fraction of sp³-hybridized carbons (Fsp3) is 0.250. The Kier molecular flexibility index (Phi) is 2.40. The molecule has 17 heavy (non-hydrogen) atoms. The minimum atomic E-state index is -0.633. The maximum atomic E-state index is 13.5. The molecule has 3 rings (SSSR count). The highest BCUT2D eigenvalue weighted by Gasteiger charge is 2.15. The fourth-order valence-corrected chi connectivity index (χ4v) is 2.12. The van der Waals surface area contributed by atoms with Gasteiger partial charge in [0.05, 0.1) is 5.69 Å². The first-order valence-electron chi connectivity index (χ1n) is 5.49. The van der Waals surface area contributed by atoms with E-state index < -0.39 is 11.6 Å². The lowest BCUT2D eigenvalue weighted by molar-refractivity contribution is 0.590. The third-order valence-corrected chi connectivity index (χ3v) is 2.93. The Balaban J connectivity index is 2.20. The van der Waals surface area contributed by atoms with Crippen LogP contribution >= 0.6 is 0 Å². The number of aromatic nitrogens is 2. The van der Waals surface area contributed by atoms with Gasteiger partial charge < -0.3 is 5.32 Å². The van der Waals surface area contributed by atoms with Crippen LogP contribution in [0.15, 0.2) is 18.2 Å². The second-order valence-electron chi connectivity index (χ2n) is 4.08. The molecule has 5 heteroatoms. The Morgan fingerprint density at radius 2 is 2.12 bits per heavy atom. The molecule has 0 saturated carbocycles. The Labute approximate surface area is 96.5 Å². The van der Waals surface area contributed by atoms with Gasteiger partial charge in [0.2, 0.25) is 0 Å². The second-order valence-corrected chi connectivity index (χ2v) is 4.08. The van der Waals surface area contributed by atoms with Gasteiger partial charge >= 0.3 is 0 Å². The topological polar surface area (TPSA) is 40.7 Å². The van der Waals surface area contributed by atoms with E-state index in [1.807, 2.05) is 0 Å². The van der Waals surface area contributed by atoms with Crippen LogP contribution in [-0.4, -0.2) is 23.3 Å². The van der Waals surface area contributed by atoms with E-state index in [9.17, 15) is 8.78 Å². The minimum Gasteiger partial charge on any atom is -0.312 e. The van der Waals surface area contributed by atoms with Gasteiger partial charge in [-0.2, -0.15) is 5.10 Å². The molecule has 1 aromatic heterocycles. The second kappa shape index (κ2) is 3.92. The SMILES string of the molecule is Fc1cc(F)c2n[nH]c(C3=CCCNC3)c2c1. The maximum absolute atomic E-state index is 13.5. The van der Waals surface area contributed by atoms with Crippen LogP contribution in [0.1, 0.15) is 12.1 Å². The Bertz CT molecular complexity index is 601. The summed E-state index contributed by atoms with van der Waals surface area (Å²) in [5, 5.41) is 10.4. The molecule has 1 aliphatic rings. The lowest BCUT2D eigenvalue weighted by Crippen LogP contribution is -2.21. The standard InChI is InChI=1S/C12H11F2N3/c13-8-4-9-11(7-2-1-3-15-6-7)16-17-12(9)10(14)5-8/h2,4-5,15H,1,3,6H2,(H,16,17). The molecular formula is C12H11F2N3. The van der Waals surface area contributed by atoms with Crippen LogP contribution in [0.3, 0.4) is 0 Å². The molecule has 0 radical (unpaired) electrons. The van der Waals surface area contributed by atoms with Gasteiger partial charge in [0, 0.05) is 18.0 Å². The molecule has 2 heterocycles. The van der Waals surface area contributed by atoms with Gasteiger partial charge in [-0.1, -0.05) is 6.08 Å². The van der Waals surface area contributed by atoms with E-state index in [-0.39, 0.29) is 5.52 Å². The molecular weight excluding hydrogens is 224 g/mol. The van der Waals surface area contributed by atoms with Crippen LogP contribution in [0.4, 0.5) is 8.78 Å². The van der Waals surface area contributed by atoms with E-state index in [4.69, 9.17) is 0 Å². The minimum absolute atomic E-state index is 0.188. The average Bonchev–Trinajstić information content (AvgIpc) is 2.74. The van der Waals surface area contributed by atoms with Gasteiger partial charge in [-0.25, -0.2) is 8.78 Å². The van der Waals surface area contributed by atoms with Crippen molar-refractivity contribution in [2.45, 2.75) is 6.42 Å². The fourth-order valence-electron chi connectivity index (χ4n) is 2.12. The van der Waals surface area contributed by atoms with Crippen molar-refractivity contribution < 1.29 is 8.78 Å². The molecule has 1 aromatic carbocycles. The molecule has 88 valence electrons. The number of aromatic amines is 1. The molecule has 0 saturated heterocycles. The molecule has 0 atom stereocenters. The summed E-state index contributed by atoms with van der Waals surface area (Å²) in [6.07, 6.45) is 2.97. The van der Waals surface area contributed by atoms with Crippen molar-refractivity contribution >= 4 is 16.5 Å². The van der Waals surface area contributed by atoms with Gasteiger partial charge in [-0.05, 0) is 24.6 Å². The number of fused-ring (bicyclic) bond motifs is 1. The average molecular weight is 235 g/mol. The van der Waals surface area contributed by atoms with Crippen molar-refractivity contribution in [3.05, 3.63) is 35.5 Å². The van der Waals surface area contributed by atoms with E-state index in [0.717, 1.165) is 24.6 Å². The first kappa shape index (κ1) is 10.4. The van der Waals surface area contributed by atoms with E-state index in [1.165, 1.54) is 6.07 Å². The summed E-state index contributed by atoms with van der Waals surface area (Å²) in [6.45, 7) is 1.62. The Morgan fingerprint density at radius 3 is 2.88 bits per heavy atom. The first-order chi connectivity index (χ1) is 8.25. The molecule has 2 N–H and O–H groups in total. The lowest BCUT2D eigenvalue weighted by Gasteiger charge is -2.12. The van der Waals surface area contributed by atoms with Crippen LogP contribution in [0.5, 0.6) is 0 Å². The summed E-state index contributed by atoms with van der Waals surface area (Å²) < 4.78 is 26.7. The van der Waals surface area contributed by atoms with Gasteiger partial charge in [-0.3, -0.25) is 5.10 Å². The number of benzene rings is 1. The summed E-state index contributed by atoms with van der Waals surface area (Å²) in [6, 6.07) is 2.16. The summed E-state index contributed by atoms with van der Waals surface area (Å²) in [4.78, 5) is 0. The molecule has 0 aliphatic carbocycles. The van der Waals surface area contributed by atoms with Gasteiger partial charge in [0.15, 0.2) is 5.82 Å². The largest absolute Gasteiger partial charge is 0.312 e. The lowest BCUT2D eigenvalue weighted by atomic mass is 10.0. The van der Waals surface area contributed by atoms with E-state index in [1.54, 1.807) is 0 Å². The number of H-pyrrole nitrogens is 1. The normalized spacial score (nSPS) is 16.2. The predicted molar refractivity (Wildman–Crippen MR) is 61.5 cm³/mol. The van der Waals surface area contributed by atoms with Crippen molar-refractivity contribution in [2.24, 2.45) is 0 Å². The summed E-state index contributed by atoms with van der Waals surface area (Å²) in [5.41, 5.74) is 1.89. The molecule has 0 bridgehead atoms. The van der Waals surface area contributed by atoms with Gasteiger partial charge in [0.1, 0.15) is 11.3 Å². The van der Waals surface area contributed by atoms with E-state index in [0.29, 0.717) is 17.6 Å². The molecule has 3 nitrogen and oxygen atoms in total. The quantitative estimate of drug-likeness (QED) is 0.795. The Morgan fingerprint density at radius 1 is 1.24 bits per heavy atom. The van der Waals surface area contributed by atoms with E-state index in [2.05, 4.69) is 21.6 Å². The van der Waals surface area contributed by atoms with Crippen LogP contribution in [-0.2, 0) is 0 Å². The van der Waals surface area contributed by atoms with Crippen molar-refractivity contribution in [3.63, 3.8) is 0 Å². The zero-order chi connectivity index (χ0) is 11.8. The number of rotatable bonds is 1. The molecule has 0 fully saturated rings. The highest BCUT2D eigenvalue weighted by molar-refractivity contribution is 5.91. The van der Waals surface area contributed by atoms with Gasteiger partial charge in [-0.15, -0.1) is 0 Å². The Hall–Kier alpha value is -1.75. The van der Waals surface area contributed by atoms with Crippen LogP contribution in [0.25, 0.3) is 16.5 Å². The van der Waals surface area contributed by atoms with E-state index >= 15 is 0 Å². The summed E-state index contributed by atoms with van der Waals surface area (Å²) in [7, 11) is 0. The predicted octanol–water partition coefficient (Wildman–Crippen LogP) is 2.22. The third-order valence-electron chi connectivity index (χ3n) is 2.93. The zero-order valence-electron chi connectivity index (χ0n) is 9.06. The van der Waals surface area contributed by atoms with Crippen LogP contribution in [0.2, 0.25) is 0 Å². The molecule has 0 amide bonds. The number of nitrogens with zero attached hydrogens (tertiary/aromatic N) is 1. The number of halogens is 2. The highest BCUT2D eigenvalue weighted by atomic mass is 19.1. The van der Waals surface area contributed by atoms with Crippen molar-refractivity contribution in [2.75, 3.05) is 13.1 Å². The molecule has 0 spiro atoms. The maximum Gasteiger partial charge on any atom is 0.154 e. The van der Waals surface area contributed by atoms with Crippen LogP contribution in [0, 0.1) is 11.6 Å². The zero-order valence-corrected chi connectivity index (χ0v) is 9.06. The highest BCUT2D eigenvalue weighted by Crippen LogP contribution is 2.26. The number of hydrogen-bond acceptors (Lipinski definition) is 2. The monoisotopic (exact) mass is 235 g/mol. The molecule has 2 aromatic rings. The summed E-state index contributed by atoms with van der Waals surface area (Å²) >= 11 is 0. The van der Waals surface area contributed by atoms with Crippen molar-refractivity contribution in [1.82, 2.24) is 15.5 Å². The molecule has 0 unspecified atom stereocenters. The number of nitrogens with one attached hydrogen (secondary N) is 2. The number of hydrogen-bond donors (Lipinski definition) is 2. The van der Waals surface area contributed by atoms with Crippen molar-refractivity contribution in [1.29, 1.82) is 0 Å². The smallest absolute Gasteiger partial charge is 0.154 e. The van der Waals surface area contributed by atoms with Crippen LogP contribution < -0.4 is 5.32 Å². The van der Waals surface area contributed by atoms with Crippen molar-refractivity contribution in [3.8, 4) is 0 Å². The summed E-state index contributed by atoms with van der Waals surface area (Å²) in [5.74, 6) is -1.21. The third kappa shape index (κ3) is 1.72. The molecule has 1 aliphatic heterocycles. The van der Waals surface area contributed by atoms with Gasteiger partial charge in [0.25, 0.3) is 0 Å².